The Labute approximate surface area is 281 Å². The molecule has 5 rings (SSSR count). The Kier molecular flexibility index (Phi) is 13.1. The molecule has 0 bridgehead atoms. The predicted molar refractivity (Wildman–Crippen MR) is 184 cm³/mol. The standard InChI is InChI=1S/C25H21N2S.C13H24O2.Ir/c1-3-16(4-2)19-11-12-21-22(14-19)28-25-23(26-15-27-24(21)25)20-10-9-17-7-5-6-8-18(17)13-20;1-5-10(6-2)12(14)9-13(15)11(7-3)8-4;/h5-12,14-16H,3-4H2,1-2H3;9-11,14H,5-8H2,1-4H3;/q-1;;/b;12-9-;/i9D;;. The number of hydrogen-bond donors (Lipinski definition) is 1. The number of fused-ring (bicyclic) bond motifs is 4. The van der Waals surface area contributed by atoms with Crippen LogP contribution >= 0.6 is 11.3 Å². The van der Waals surface area contributed by atoms with E-state index in [1.54, 1.807) is 17.7 Å². The Morgan fingerprint density at radius 2 is 1.61 bits per heavy atom. The fourth-order valence-electron chi connectivity index (χ4n) is 5.75. The zero-order chi connectivity index (χ0) is 31.8. The Balaban J connectivity index is 0.000000297. The van der Waals surface area contributed by atoms with Crippen molar-refractivity contribution in [1.29, 1.82) is 0 Å². The summed E-state index contributed by atoms with van der Waals surface area (Å²) in [6, 6.07) is 20.5. The summed E-state index contributed by atoms with van der Waals surface area (Å²) in [5, 5.41) is 12.8. The van der Waals surface area contributed by atoms with E-state index in [4.69, 9.17) is 1.37 Å². The van der Waals surface area contributed by atoms with Gasteiger partial charge in [-0.1, -0.05) is 82.8 Å². The largest absolute Gasteiger partial charge is 0.512 e. The Morgan fingerprint density at radius 1 is 0.932 bits per heavy atom. The number of aliphatic hydroxyl groups excluding tert-OH is 1. The SMILES string of the molecule is CCC(CC)C(=O)/C=C(\O)C(CC)CC.[2H]c1cc(-c2ncnc3c2sc2cc(C(CC)CC)ccc23)[c-]c2ccccc12.[Ir]. The van der Waals surface area contributed by atoms with Crippen LogP contribution in [0.15, 0.2) is 72.7 Å². The molecule has 1 N–H and O–H groups in total. The van der Waals surface area contributed by atoms with Crippen LogP contribution in [0.5, 0.6) is 0 Å². The fraction of sp³-hybridized carbons (Fsp3) is 0.395. The van der Waals surface area contributed by atoms with Crippen LogP contribution in [0.2, 0.25) is 0 Å². The van der Waals surface area contributed by atoms with Crippen LogP contribution in [0.1, 0.15) is 92.9 Å². The van der Waals surface area contributed by atoms with Gasteiger partial charge in [0.25, 0.3) is 0 Å². The molecular formula is C38H45IrN2O2S-. The Morgan fingerprint density at radius 3 is 2.27 bits per heavy atom. The zero-order valence-electron chi connectivity index (χ0n) is 27.7. The van der Waals surface area contributed by atoms with Gasteiger partial charge in [-0.3, -0.25) is 9.78 Å². The van der Waals surface area contributed by atoms with Crippen molar-refractivity contribution in [2.75, 3.05) is 0 Å². The van der Waals surface area contributed by atoms with Crippen LogP contribution in [0.3, 0.4) is 0 Å². The minimum Gasteiger partial charge on any atom is -0.512 e. The van der Waals surface area contributed by atoms with Gasteiger partial charge in [-0.05, 0) is 56.1 Å². The van der Waals surface area contributed by atoms with E-state index in [2.05, 4.69) is 48.1 Å². The van der Waals surface area contributed by atoms with Crippen LogP contribution in [-0.2, 0) is 24.9 Å². The number of thiophene rings is 1. The maximum Gasteiger partial charge on any atom is 0.162 e. The maximum absolute atomic E-state index is 11.7. The molecule has 0 saturated heterocycles. The van der Waals surface area contributed by atoms with E-state index < -0.39 is 0 Å². The summed E-state index contributed by atoms with van der Waals surface area (Å²) in [6.07, 6.45) is 8.83. The van der Waals surface area contributed by atoms with Gasteiger partial charge in [-0.25, -0.2) is 4.98 Å². The summed E-state index contributed by atoms with van der Waals surface area (Å²) in [5.41, 5.74) is 4.10. The van der Waals surface area contributed by atoms with E-state index in [0.717, 1.165) is 70.8 Å². The molecule has 1 radical (unpaired) electrons. The molecule has 4 nitrogen and oxygen atoms in total. The fourth-order valence-corrected chi connectivity index (χ4v) is 6.96. The number of allylic oxidation sites excluding steroid dienone is 2. The van der Waals surface area contributed by atoms with Gasteiger partial charge in [-0.2, -0.15) is 0 Å². The first-order valence-corrected chi connectivity index (χ1v) is 16.6. The average Bonchev–Trinajstić information content (AvgIpc) is 3.41. The third kappa shape index (κ3) is 8.02. The number of aliphatic hydroxyl groups is 1. The van der Waals surface area contributed by atoms with Gasteiger partial charge in [0.2, 0.25) is 0 Å². The molecule has 2 heterocycles. The maximum atomic E-state index is 11.7. The van der Waals surface area contributed by atoms with Crippen molar-refractivity contribution in [3.8, 4) is 11.3 Å². The van der Waals surface area contributed by atoms with E-state index >= 15 is 0 Å². The first kappa shape index (κ1) is 34.0. The van der Waals surface area contributed by atoms with Crippen molar-refractivity contribution in [3.05, 3.63) is 84.4 Å². The van der Waals surface area contributed by atoms with Crippen molar-refractivity contribution in [2.24, 2.45) is 11.8 Å². The molecule has 0 atom stereocenters. The molecule has 2 aromatic heterocycles. The molecule has 0 aliphatic carbocycles. The first-order valence-electron chi connectivity index (χ1n) is 16.3. The van der Waals surface area contributed by atoms with E-state index in [0.29, 0.717) is 12.0 Å². The monoisotopic (exact) mass is 787 g/mol. The van der Waals surface area contributed by atoms with Crippen molar-refractivity contribution < 1.29 is 31.4 Å². The molecule has 3 aromatic carbocycles. The second-order valence-corrected chi connectivity index (χ2v) is 12.2. The number of aromatic nitrogens is 2. The Bertz CT molecular complexity index is 1750. The minimum atomic E-state index is 0. The smallest absolute Gasteiger partial charge is 0.162 e. The quantitative estimate of drug-likeness (QED) is 0.0823. The Hall–Kier alpha value is -2.92. The van der Waals surface area contributed by atoms with Crippen LogP contribution in [0, 0.1) is 17.9 Å². The number of ketones is 1. The van der Waals surface area contributed by atoms with E-state index in [1.165, 1.54) is 21.7 Å². The van der Waals surface area contributed by atoms with Gasteiger partial charge in [0, 0.05) is 59.9 Å². The van der Waals surface area contributed by atoms with Gasteiger partial charge in [-0.15, -0.1) is 41.0 Å². The number of carbonyl (C=O) groups excluding carboxylic acids is 1. The summed E-state index contributed by atoms with van der Waals surface area (Å²) in [5.74, 6) is 1.14. The van der Waals surface area contributed by atoms with Crippen molar-refractivity contribution in [1.82, 2.24) is 9.97 Å². The summed E-state index contributed by atoms with van der Waals surface area (Å²) in [4.78, 5) is 20.9. The van der Waals surface area contributed by atoms with Gasteiger partial charge in [0.1, 0.15) is 6.33 Å². The second-order valence-electron chi connectivity index (χ2n) is 11.1. The van der Waals surface area contributed by atoms with Crippen molar-refractivity contribution in [2.45, 2.75) is 86.0 Å². The molecule has 0 unspecified atom stereocenters. The molecule has 0 amide bonds. The molecular weight excluding hydrogens is 741 g/mol. The molecule has 235 valence electrons. The zero-order valence-corrected chi connectivity index (χ0v) is 30.0. The summed E-state index contributed by atoms with van der Waals surface area (Å²) in [6.45, 7) is 12.6. The number of benzene rings is 3. The van der Waals surface area contributed by atoms with Crippen LogP contribution in [0.25, 0.3) is 42.3 Å². The van der Waals surface area contributed by atoms with E-state index in [9.17, 15) is 9.90 Å². The van der Waals surface area contributed by atoms with Crippen molar-refractivity contribution in [3.63, 3.8) is 0 Å². The van der Waals surface area contributed by atoms with Gasteiger partial charge < -0.3 is 5.11 Å². The van der Waals surface area contributed by atoms with Crippen molar-refractivity contribution >= 4 is 48.2 Å². The number of nitrogens with zero attached hydrogens (tertiary/aromatic N) is 2. The molecule has 0 aliphatic heterocycles. The molecule has 0 fully saturated rings. The van der Waals surface area contributed by atoms with E-state index in [1.807, 2.05) is 58.0 Å². The first-order chi connectivity index (χ1) is 21.3. The summed E-state index contributed by atoms with van der Waals surface area (Å²) < 4.78 is 10.7. The second kappa shape index (κ2) is 17.0. The molecule has 0 saturated carbocycles. The average molecular weight is 787 g/mol. The summed E-state index contributed by atoms with van der Waals surface area (Å²) >= 11 is 1.74. The minimum absolute atomic E-state index is 0. The number of hydrogen-bond acceptors (Lipinski definition) is 5. The van der Waals surface area contributed by atoms with Gasteiger partial charge >= 0.3 is 0 Å². The van der Waals surface area contributed by atoms with Crippen LogP contribution in [-0.4, -0.2) is 20.9 Å². The predicted octanol–water partition coefficient (Wildman–Crippen LogP) is 11.2. The van der Waals surface area contributed by atoms with Gasteiger partial charge in [0.15, 0.2) is 5.78 Å². The normalized spacial score (nSPS) is 12.1. The molecule has 6 heteroatoms. The molecule has 5 aromatic rings. The van der Waals surface area contributed by atoms with E-state index in [-0.39, 0.29) is 43.5 Å². The number of carbonyl (C=O) groups is 1. The summed E-state index contributed by atoms with van der Waals surface area (Å²) in [7, 11) is 0. The van der Waals surface area contributed by atoms with Crippen LogP contribution < -0.4 is 0 Å². The molecule has 0 spiro atoms. The van der Waals surface area contributed by atoms with Crippen LogP contribution in [0.4, 0.5) is 0 Å². The third-order valence-electron chi connectivity index (χ3n) is 8.64. The third-order valence-corrected chi connectivity index (χ3v) is 9.79. The topological polar surface area (TPSA) is 63.1 Å². The van der Waals surface area contributed by atoms with Gasteiger partial charge in [0.05, 0.1) is 11.3 Å². The molecule has 0 aliphatic rings. The number of rotatable bonds is 11. The molecule has 44 heavy (non-hydrogen) atoms.